The molecule has 3 aromatic rings. The van der Waals surface area contributed by atoms with Crippen molar-refractivity contribution < 1.29 is 13.2 Å². The molecule has 0 atom stereocenters. The summed E-state index contributed by atoms with van der Waals surface area (Å²) in [6, 6.07) is 15.1. The molecule has 0 radical (unpaired) electrons. The Balaban J connectivity index is 1.85. The lowest BCUT2D eigenvalue weighted by Crippen LogP contribution is -2.18. The van der Waals surface area contributed by atoms with Crippen molar-refractivity contribution in [2.24, 2.45) is 5.10 Å². The van der Waals surface area contributed by atoms with E-state index in [1.807, 2.05) is 6.07 Å². The van der Waals surface area contributed by atoms with Crippen molar-refractivity contribution in [3.8, 4) is 5.75 Å². The summed E-state index contributed by atoms with van der Waals surface area (Å²) in [4.78, 5) is 6.55. The number of methoxy groups -OCH3 is 1. The van der Waals surface area contributed by atoms with Crippen molar-refractivity contribution in [2.45, 2.75) is 4.90 Å². The van der Waals surface area contributed by atoms with E-state index in [1.165, 1.54) is 18.3 Å². The Hall–Kier alpha value is -2.64. The summed E-state index contributed by atoms with van der Waals surface area (Å²) >= 11 is 6.15. The lowest BCUT2D eigenvalue weighted by molar-refractivity contribution is 0.415. The van der Waals surface area contributed by atoms with Gasteiger partial charge in [0.2, 0.25) is 0 Å². The molecule has 0 saturated carbocycles. The van der Waals surface area contributed by atoms with E-state index in [9.17, 15) is 8.42 Å². The monoisotopic (exact) mass is 375 g/mol. The minimum absolute atomic E-state index is 0.127. The van der Waals surface area contributed by atoms with E-state index < -0.39 is 10.0 Å². The van der Waals surface area contributed by atoms with E-state index in [1.54, 1.807) is 43.5 Å². The maximum atomic E-state index is 12.1. The zero-order valence-corrected chi connectivity index (χ0v) is 14.8. The van der Waals surface area contributed by atoms with Crippen LogP contribution in [-0.4, -0.2) is 26.7 Å². The highest BCUT2D eigenvalue weighted by molar-refractivity contribution is 7.89. The van der Waals surface area contributed by atoms with Gasteiger partial charge in [0.15, 0.2) is 0 Å². The maximum absolute atomic E-state index is 12.1. The molecule has 25 heavy (non-hydrogen) atoms. The fraction of sp³-hybridized carbons (Fsp3) is 0.0588. The first-order valence-corrected chi connectivity index (χ1v) is 9.10. The molecule has 0 fully saturated rings. The normalized spacial score (nSPS) is 11.8. The third-order valence-corrected chi connectivity index (χ3v) is 4.98. The number of hydrogen-bond donors (Lipinski definition) is 1. The molecular weight excluding hydrogens is 362 g/mol. The standard InChI is InChI=1S/C17H14ClN3O3S/c1-24-14-8-7-12-9-13(17(18)20-16(12)10-14)11-19-21-25(22,23)15-5-3-2-4-6-15/h2-11,21H,1H3/b19-11+. The maximum Gasteiger partial charge on any atom is 0.276 e. The first-order chi connectivity index (χ1) is 12.0. The predicted octanol–water partition coefficient (Wildman–Crippen LogP) is 3.21. The molecule has 2 aromatic carbocycles. The van der Waals surface area contributed by atoms with Gasteiger partial charge in [0.1, 0.15) is 10.9 Å². The number of halogens is 1. The fourth-order valence-corrected chi connectivity index (χ4v) is 3.18. The molecule has 1 N–H and O–H groups in total. The zero-order chi connectivity index (χ0) is 17.9. The predicted molar refractivity (Wildman–Crippen MR) is 97.7 cm³/mol. The first-order valence-electron chi connectivity index (χ1n) is 7.24. The second-order valence-corrected chi connectivity index (χ2v) is 7.11. The Labute approximate surface area is 150 Å². The third-order valence-electron chi connectivity index (χ3n) is 3.44. The van der Waals surface area contributed by atoms with Crippen molar-refractivity contribution in [3.63, 3.8) is 0 Å². The number of aromatic nitrogens is 1. The minimum atomic E-state index is -3.72. The van der Waals surface area contributed by atoms with Gasteiger partial charge in [0.25, 0.3) is 10.0 Å². The number of hydrogen-bond acceptors (Lipinski definition) is 5. The highest BCUT2D eigenvalue weighted by atomic mass is 35.5. The summed E-state index contributed by atoms with van der Waals surface area (Å²) in [7, 11) is -2.15. The van der Waals surface area contributed by atoms with Gasteiger partial charge >= 0.3 is 0 Å². The minimum Gasteiger partial charge on any atom is -0.497 e. The molecule has 0 amide bonds. The summed E-state index contributed by atoms with van der Waals surface area (Å²) in [5.41, 5.74) is 1.17. The van der Waals surface area contributed by atoms with Gasteiger partial charge in [0, 0.05) is 17.0 Å². The highest BCUT2D eigenvalue weighted by Gasteiger charge is 2.11. The number of pyridine rings is 1. The fourth-order valence-electron chi connectivity index (χ4n) is 2.17. The largest absolute Gasteiger partial charge is 0.497 e. The van der Waals surface area contributed by atoms with Crippen LogP contribution in [0.15, 0.2) is 64.6 Å². The van der Waals surface area contributed by atoms with Gasteiger partial charge in [-0.3, -0.25) is 0 Å². The van der Waals surface area contributed by atoms with Gasteiger partial charge in [-0.15, -0.1) is 0 Å². The molecule has 128 valence electrons. The van der Waals surface area contributed by atoms with Gasteiger partial charge in [-0.25, -0.2) is 9.82 Å². The van der Waals surface area contributed by atoms with E-state index in [-0.39, 0.29) is 10.0 Å². The highest BCUT2D eigenvalue weighted by Crippen LogP contribution is 2.23. The quantitative estimate of drug-likeness (QED) is 0.422. The number of rotatable bonds is 5. The van der Waals surface area contributed by atoms with Gasteiger partial charge < -0.3 is 4.74 Å². The Bertz CT molecular complexity index is 1040. The van der Waals surface area contributed by atoms with Crippen LogP contribution in [0.3, 0.4) is 0 Å². The molecule has 8 heteroatoms. The number of ether oxygens (including phenoxy) is 1. The summed E-state index contributed by atoms with van der Waals surface area (Å²) in [6.45, 7) is 0. The van der Waals surface area contributed by atoms with Gasteiger partial charge in [0.05, 0.1) is 23.7 Å². The molecule has 3 rings (SSSR count). The lowest BCUT2D eigenvalue weighted by Gasteiger charge is -2.05. The van der Waals surface area contributed by atoms with Gasteiger partial charge in [-0.05, 0) is 30.3 Å². The Kier molecular flexibility index (Phi) is 4.87. The number of hydrazone groups is 1. The topological polar surface area (TPSA) is 80.6 Å². The Morgan fingerprint density at radius 2 is 1.92 bits per heavy atom. The van der Waals surface area contributed by atoms with E-state index in [0.29, 0.717) is 16.8 Å². The van der Waals surface area contributed by atoms with Gasteiger partial charge in [-0.1, -0.05) is 29.8 Å². The van der Waals surface area contributed by atoms with E-state index in [2.05, 4.69) is 14.9 Å². The SMILES string of the molecule is COc1ccc2cc(/C=N/NS(=O)(=O)c3ccccc3)c(Cl)nc2c1. The number of nitrogens with zero attached hydrogens (tertiary/aromatic N) is 2. The van der Waals surface area contributed by atoms with Crippen molar-refractivity contribution in [2.75, 3.05) is 7.11 Å². The van der Waals surface area contributed by atoms with Crippen LogP contribution in [0.2, 0.25) is 5.15 Å². The second kappa shape index (κ2) is 7.08. The Morgan fingerprint density at radius 3 is 2.64 bits per heavy atom. The molecular formula is C17H14ClN3O3S. The van der Waals surface area contributed by atoms with E-state index in [4.69, 9.17) is 16.3 Å². The van der Waals surface area contributed by atoms with E-state index >= 15 is 0 Å². The van der Waals surface area contributed by atoms with Crippen molar-refractivity contribution in [1.29, 1.82) is 0 Å². The summed E-state index contributed by atoms with van der Waals surface area (Å²) < 4.78 is 29.4. The summed E-state index contributed by atoms with van der Waals surface area (Å²) in [6.07, 6.45) is 1.32. The van der Waals surface area contributed by atoms with Crippen molar-refractivity contribution in [3.05, 3.63) is 65.3 Å². The molecule has 0 aliphatic rings. The Morgan fingerprint density at radius 1 is 1.16 bits per heavy atom. The average Bonchev–Trinajstić information content (AvgIpc) is 2.62. The molecule has 1 aromatic heterocycles. The summed E-state index contributed by atoms with van der Waals surface area (Å²) in [5.74, 6) is 0.674. The van der Waals surface area contributed by atoms with Crippen LogP contribution in [0.5, 0.6) is 5.75 Å². The molecule has 0 saturated heterocycles. The van der Waals surface area contributed by atoms with Crippen LogP contribution < -0.4 is 9.57 Å². The number of sulfonamides is 1. The van der Waals surface area contributed by atoms with Gasteiger partial charge in [-0.2, -0.15) is 13.5 Å². The number of nitrogens with one attached hydrogen (secondary N) is 1. The number of benzene rings is 2. The van der Waals surface area contributed by atoms with E-state index in [0.717, 1.165) is 5.39 Å². The van der Waals surface area contributed by atoms with Crippen LogP contribution in [0.1, 0.15) is 5.56 Å². The molecule has 6 nitrogen and oxygen atoms in total. The molecule has 0 spiro atoms. The van der Waals surface area contributed by atoms with Crippen LogP contribution in [-0.2, 0) is 10.0 Å². The molecule has 0 bridgehead atoms. The lowest BCUT2D eigenvalue weighted by atomic mass is 10.1. The molecule has 1 heterocycles. The second-order valence-electron chi connectivity index (χ2n) is 5.09. The van der Waals surface area contributed by atoms with Crippen molar-refractivity contribution >= 4 is 38.7 Å². The molecule has 0 unspecified atom stereocenters. The van der Waals surface area contributed by atoms with Crippen LogP contribution in [0.4, 0.5) is 0 Å². The zero-order valence-electron chi connectivity index (χ0n) is 13.2. The van der Waals surface area contributed by atoms with Crippen molar-refractivity contribution in [1.82, 2.24) is 9.82 Å². The smallest absolute Gasteiger partial charge is 0.276 e. The van der Waals surface area contributed by atoms with Crippen LogP contribution >= 0.6 is 11.6 Å². The summed E-state index contributed by atoms with van der Waals surface area (Å²) in [5, 5.41) is 4.82. The third kappa shape index (κ3) is 3.89. The molecule has 0 aliphatic heterocycles. The molecule has 0 aliphatic carbocycles. The number of fused-ring (bicyclic) bond motifs is 1. The first kappa shape index (κ1) is 17.2. The van der Waals surface area contributed by atoms with Crippen LogP contribution in [0.25, 0.3) is 10.9 Å². The van der Waals surface area contributed by atoms with Crippen LogP contribution in [0, 0.1) is 0 Å². The average molecular weight is 376 g/mol.